The number of anilines is 1. The van der Waals surface area contributed by atoms with Gasteiger partial charge in [-0.25, -0.2) is 4.79 Å². The van der Waals surface area contributed by atoms with E-state index in [0.717, 1.165) is 0 Å². The Hall–Kier alpha value is -3.62. The molecule has 2 N–H and O–H groups in total. The number of nitrogen functional groups attached to an aromatic ring is 1. The zero-order valence-electron chi connectivity index (χ0n) is 15.4. The molecule has 28 heavy (non-hydrogen) atoms. The van der Waals surface area contributed by atoms with Gasteiger partial charge in [0.05, 0.1) is 26.2 Å². The molecule has 9 heteroatoms. The summed E-state index contributed by atoms with van der Waals surface area (Å²) in [6, 6.07) is 6.88. The lowest BCUT2D eigenvalue weighted by atomic mass is 9.74. The van der Waals surface area contributed by atoms with Crippen LogP contribution < -0.4 is 5.73 Å². The van der Waals surface area contributed by atoms with E-state index in [9.17, 15) is 14.4 Å². The first kappa shape index (κ1) is 17.8. The second-order valence-electron chi connectivity index (χ2n) is 6.46. The molecule has 2 heterocycles. The van der Waals surface area contributed by atoms with Crippen LogP contribution in [0.1, 0.15) is 17.7 Å². The van der Waals surface area contributed by atoms with E-state index in [1.807, 2.05) is 0 Å². The highest BCUT2D eigenvalue weighted by molar-refractivity contribution is 6.14. The summed E-state index contributed by atoms with van der Waals surface area (Å²) in [7, 11) is 3.93. The fraction of sp³-hybridized carbons (Fsp3) is 0.263. The van der Waals surface area contributed by atoms with Gasteiger partial charge >= 0.3 is 11.9 Å². The number of methoxy groups -OCH3 is 2. The lowest BCUT2D eigenvalue weighted by Crippen LogP contribution is -2.41. The lowest BCUT2D eigenvalue weighted by Gasteiger charge is -2.25. The van der Waals surface area contributed by atoms with Crippen molar-refractivity contribution in [3.05, 3.63) is 46.8 Å². The average molecular weight is 383 g/mol. The number of fused-ring (bicyclic) bond motifs is 5. The largest absolute Gasteiger partial charge is 0.469 e. The minimum atomic E-state index is -1.60. The maximum atomic E-state index is 13.6. The fourth-order valence-electron chi connectivity index (χ4n) is 4.03. The maximum absolute atomic E-state index is 13.6. The zero-order valence-corrected chi connectivity index (χ0v) is 15.4. The number of likely N-dealkylation sites (N-methyl/N-ethyl adjacent to an activating group) is 1. The van der Waals surface area contributed by atoms with E-state index in [1.165, 1.54) is 26.2 Å². The Morgan fingerprint density at radius 3 is 2.64 bits per heavy atom. The van der Waals surface area contributed by atoms with Gasteiger partial charge in [0.1, 0.15) is 5.69 Å². The van der Waals surface area contributed by atoms with Crippen LogP contribution in [0.25, 0.3) is 11.3 Å². The zero-order chi connectivity index (χ0) is 20.2. The summed E-state index contributed by atoms with van der Waals surface area (Å²) >= 11 is 0. The van der Waals surface area contributed by atoms with E-state index in [2.05, 4.69) is 4.98 Å². The van der Waals surface area contributed by atoms with E-state index in [1.54, 1.807) is 24.3 Å². The number of amides is 1. The van der Waals surface area contributed by atoms with E-state index in [0.29, 0.717) is 16.9 Å². The van der Waals surface area contributed by atoms with E-state index in [4.69, 9.17) is 19.6 Å². The van der Waals surface area contributed by atoms with Gasteiger partial charge in [-0.3, -0.25) is 9.59 Å². The Morgan fingerprint density at radius 2 is 1.96 bits per heavy atom. The van der Waals surface area contributed by atoms with Crippen molar-refractivity contribution in [1.29, 1.82) is 0 Å². The summed E-state index contributed by atoms with van der Waals surface area (Å²) in [5.74, 6) is -1.48. The van der Waals surface area contributed by atoms with Crippen molar-refractivity contribution in [2.75, 3.05) is 27.0 Å². The van der Waals surface area contributed by atoms with Crippen LogP contribution in [0.3, 0.4) is 0 Å². The molecule has 1 aromatic heterocycles. The van der Waals surface area contributed by atoms with Gasteiger partial charge in [-0.1, -0.05) is 24.3 Å². The van der Waals surface area contributed by atoms with Crippen LogP contribution in [-0.4, -0.2) is 49.0 Å². The van der Waals surface area contributed by atoms with Crippen molar-refractivity contribution in [2.45, 2.75) is 11.8 Å². The minimum Gasteiger partial charge on any atom is -0.469 e. The first-order valence-corrected chi connectivity index (χ1v) is 8.41. The topological polar surface area (TPSA) is 125 Å². The first-order chi connectivity index (χ1) is 13.4. The Labute approximate surface area is 159 Å². The molecular weight excluding hydrogens is 366 g/mol. The third-order valence-corrected chi connectivity index (χ3v) is 5.20. The summed E-state index contributed by atoms with van der Waals surface area (Å²) in [6.07, 6.45) is -0.282. The molecule has 2 aromatic rings. The highest BCUT2D eigenvalue weighted by Crippen LogP contribution is 2.57. The molecule has 0 fully saturated rings. The highest BCUT2D eigenvalue weighted by atomic mass is 16.5. The number of nitrogens with two attached hydrogens (primary N) is 1. The van der Waals surface area contributed by atoms with Crippen LogP contribution in [0.2, 0.25) is 0 Å². The van der Waals surface area contributed by atoms with Gasteiger partial charge in [-0.05, 0) is 5.56 Å². The average Bonchev–Trinajstić information content (AvgIpc) is 3.27. The second kappa shape index (κ2) is 5.95. The molecule has 0 saturated carbocycles. The Bertz CT molecular complexity index is 1070. The molecule has 1 aromatic carbocycles. The second-order valence-corrected chi connectivity index (χ2v) is 6.46. The number of carbonyl (C=O) groups is 3. The monoisotopic (exact) mass is 383 g/mol. The molecule has 1 spiro atoms. The Kier molecular flexibility index (Phi) is 3.77. The number of esters is 2. The van der Waals surface area contributed by atoms with E-state index >= 15 is 0 Å². The molecule has 1 aliphatic heterocycles. The van der Waals surface area contributed by atoms with Crippen LogP contribution in [-0.2, 0) is 29.3 Å². The summed E-state index contributed by atoms with van der Waals surface area (Å²) in [5.41, 5.74) is 5.69. The van der Waals surface area contributed by atoms with Gasteiger partial charge in [0.15, 0.2) is 11.2 Å². The summed E-state index contributed by atoms with van der Waals surface area (Å²) < 4.78 is 15.3. The van der Waals surface area contributed by atoms with Crippen LogP contribution in [0.4, 0.5) is 6.01 Å². The number of carbonyl (C=O) groups excluding carboxylic acids is 3. The van der Waals surface area contributed by atoms with Gasteiger partial charge < -0.3 is 24.5 Å². The number of hydrogen-bond donors (Lipinski definition) is 1. The van der Waals surface area contributed by atoms with Crippen molar-refractivity contribution in [3.8, 4) is 11.3 Å². The van der Waals surface area contributed by atoms with Crippen LogP contribution >= 0.6 is 0 Å². The molecule has 9 nitrogen and oxygen atoms in total. The first-order valence-electron chi connectivity index (χ1n) is 8.41. The number of nitrogens with zero attached hydrogens (tertiary/aromatic N) is 2. The standard InChI is InChI=1S/C19H17N3O6/c1-22-11(8-12(23)26-2)13(16(24)27-3)19(17(22)25)10-7-5-4-6-9(10)14-15(19)21-18(20)28-14/h4-7H,8H2,1-3H3,(H2,20,21)/t19-/m0/s1. The molecule has 1 aliphatic carbocycles. The lowest BCUT2D eigenvalue weighted by molar-refractivity contribution is -0.140. The smallest absolute Gasteiger partial charge is 0.337 e. The van der Waals surface area contributed by atoms with Crippen molar-refractivity contribution in [3.63, 3.8) is 0 Å². The molecule has 4 rings (SSSR count). The summed E-state index contributed by atoms with van der Waals surface area (Å²) in [5, 5.41) is 0. The molecule has 144 valence electrons. The normalized spacial score (nSPS) is 19.8. The van der Waals surface area contributed by atoms with Crippen LogP contribution in [0.5, 0.6) is 0 Å². The molecule has 2 aliphatic rings. The number of rotatable bonds is 3. The fourth-order valence-corrected chi connectivity index (χ4v) is 4.03. The molecule has 0 radical (unpaired) electrons. The van der Waals surface area contributed by atoms with Crippen LogP contribution in [0.15, 0.2) is 40.0 Å². The van der Waals surface area contributed by atoms with Crippen LogP contribution in [0, 0.1) is 0 Å². The molecular formula is C19H17N3O6. The maximum Gasteiger partial charge on any atom is 0.337 e. The van der Waals surface area contributed by atoms with E-state index < -0.39 is 23.3 Å². The molecule has 0 saturated heterocycles. The third kappa shape index (κ3) is 2.01. The number of hydrogen-bond acceptors (Lipinski definition) is 8. The van der Waals surface area contributed by atoms with E-state index in [-0.39, 0.29) is 29.4 Å². The van der Waals surface area contributed by atoms with Crippen molar-refractivity contribution in [2.24, 2.45) is 0 Å². The van der Waals surface area contributed by atoms with Gasteiger partial charge in [0.2, 0.25) is 5.91 Å². The van der Waals surface area contributed by atoms with Gasteiger partial charge in [-0.15, -0.1) is 0 Å². The number of oxazole rings is 1. The Morgan fingerprint density at radius 1 is 1.25 bits per heavy atom. The minimum absolute atomic E-state index is 0.00685. The van der Waals surface area contributed by atoms with Gasteiger partial charge in [0, 0.05) is 18.3 Å². The predicted octanol–water partition coefficient (Wildman–Crippen LogP) is 0.985. The number of ether oxygens (including phenoxy) is 2. The molecule has 1 atom stereocenters. The number of aromatic nitrogens is 1. The SMILES string of the molecule is COC(=O)CC1=C(C(=O)OC)[C@@]2(C(=O)N1C)c1ccccc1-c1oc(N)nc12. The van der Waals surface area contributed by atoms with Crippen molar-refractivity contribution < 1.29 is 28.3 Å². The summed E-state index contributed by atoms with van der Waals surface area (Å²) in [6.45, 7) is 0. The molecule has 0 unspecified atom stereocenters. The highest BCUT2D eigenvalue weighted by Gasteiger charge is 2.63. The number of benzene rings is 1. The van der Waals surface area contributed by atoms with Crippen molar-refractivity contribution in [1.82, 2.24) is 9.88 Å². The molecule has 0 bridgehead atoms. The van der Waals surface area contributed by atoms with Crippen molar-refractivity contribution >= 4 is 23.9 Å². The quantitative estimate of drug-likeness (QED) is 0.778. The van der Waals surface area contributed by atoms with Gasteiger partial charge in [0.25, 0.3) is 6.01 Å². The molecule has 1 amide bonds. The Balaban J connectivity index is 2.10. The van der Waals surface area contributed by atoms with Gasteiger partial charge in [-0.2, -0.15) is 4.98 Å². The summed E-state index contributed by atoms with van der Waals surface area (Å²) in [4.78, 5) is 43.9. The third-order valence-electron chi connectivity index (χ3n) is 5.20. The predicted molar refractivity (Wildman–Crippen MR) is 95.6 cm³/mol.